The third-order valence-corrected chi connectivity index (χ3v) is 5.88. The molecule has 0 spiro atoms. The number of benzene rings is 1. The molecule has 3 nitrogen and oxygen atoms in total. The van der Waals surface area contributed by atoms with E-state index in [-0.39, 0.29) is 16.7 Å². The molecule has 0 aliphatic heterocycles. The zero-order valence-corrected chi connectivity index (χ0v) is 13.6. The zero-order valence-electron chi connectivity index (χ0n) is 12.8. The molecule has 1 saturated carbocycles. The quantitative estimate of drug-likeness (QED) is 0.813. The summed E-state index contributed by atoms with van der Waals surface area (Å²) in [5.41, 5.74) is 7.23. The van der Waals surface area contributed by atoms with Crippen LogP contribution in [0.3, 0.4) is 0 Å². The number of hydrogen-bond donors (Lipinski definition) is 2. The highest BCUT2D eigenvalue weighted by Gasteiger charge is 2.33. The van der Waals surface area contributed by atoms with Crippen LogP contribution in [0.1, 0.15) is 50.1 Å². The number of amides is 1. The van der Waals surface area contributed by atoms with Crippen LogP contribution < -0.4 is 11.1 Å². The molecule has 1 aromatic rings. The number of nitrogens with one attached hydrogen (secondary N) is 1. The summed E-state index contributed by atoms with van der Waals surface area (Å²) in [6.07, 6.45) is 8.37. The van der Waals surface area contributed by atoms with Gasteiger partial charge in [0.1, 0.15) is 0 Å². The molecule has 1 unspecified atom stereocenters. The number of hydrogen-bond acceptors (Lipinski definition) is 3. The normalized spacial score (nSPS) is 18.4. The maximum absolute atomic E-state index is 12.0. The summed E-state index contributed by atoms with van der Waals surface area (Å²) < 4.78 is 0.275. The lowest BCUT2D eigenvalue weighted by Crippen LogP contribution is -2.38. The molecule has 1 atom stereocenters. The Morgan fingerprint density at radius 1 is 1.33 bits per heavy atom. The highest BCUT2D eigenvalue weighted by atomic mass is 32.2. The number of carbonyl (C=O) groups excluding carboxylic acids is 1. The first-order valence-corrected chi connectivity index (χ1v) is 9.00. The SMILES string of the molecule is CSC1(CNC(=O)CCC(N)c2ccccc2)CCCC1. The van der Waals surface area contributed by atoms with Crippen LogP contribution in [0, 0.1) is 0 Å². The number of thioether (sulfide) groups is 1. The van der Waals surface area contributed by atoms with Crippen molar-refractivity contribution in [2.45, 2.75) is 49.3 Å². The van der Waals surface area contributed by atoms with Gasteiger partial charge in [-0.2, -0.15) is 11.8 Å². The fraction of sp³-hybridized carbons (Fsp3) is 0.588. The minimum atomic E-state index is -0.0575. The molecule has 1 aliphatic carbocycles. The first-order chi connectivity index (χ1) is 10.2. The lowest BCUT2D eigenvalue weighted by molar-refractivity contribution is -0.121. The standard InChI is InChI=1S/C17H26N2OS/c1-21-17(11-5-6-12-17)13-19-16(20)10-9-15(18)14-7-3-2-4-8-14/h2-4,7-8,15H,5-6,9-13,18H2,1H3,(H,19,20). The van der Waals surface area contributed by atoms with Gasteiger partial charge in [-0.1, -0.05) is 43.2 Å². The monoisotopic (exact) mass is 306 g/mol. The largest absolute Gasteiger partial charge is 0.355 e. The number of nitrogens with two attached hydrogens (primary N) is 1. The zero-order chi connectivity index (χ0) is 15.1. The Hall–Kier alpha value is -1.00. The first kappa shape index (κ1) is 16.4. The van der Waals surface area contributed by atoms with Crippen LogP contribution in [0.25, 0.3) is 0 Å². The molecule has 0 heterocycles. The first-order valence-electron chi connectivity index (χ1n) is 7.78. The summed E-state index contributed by atoms with van der Waals surface area (Å²) >= 11 is 1.90. The van der Waals surface area contributed by atoms with Crippen molar-refractivity contribution in [3.05, 3.63) is 35.9 Å². The molecule has 1 aliphatic rings. The smallest absolute Gasteiger partial charge is 0.220 e. The van der Waals surface area contributed by atoms with Gasteiger partial charge in [-0.15, -0.1) is 0 Å². The Labute approximate surface area is 132 Å². The van der Waals surface area contributed by atoms with E-state index in [2.05, 4.69) is 11.6 Å². The third-order valence-electron chi connectivity index (χ3n) is 4.47. The lowest BCUT2D eigenvalue weighted by atomic mass is 10.0. The van der Waals surface area contributed by atoms with Gasteiger partial charge in [0.2, 0.25) is 5.91 Å². The second-order valence-corrected chi connectivity index (χ2v) is 7.20. The number of rotatable bonds is 7. The molecular weight excluding hydrogens is 280 g/mol. The Kier molecular flexibility index (Phi) is 6.12. The van der Waals surface area contributed by atoms with E-state index in [1.165, 1.54) is 25.7 Å². The molecule has 1 fully saturated rings. The highest BCUT2D eigenvalue weighted by molar-refractivity contribution is 8.00. The molecule has 1 amide bonds. The molecule has 21 heavy (non-hydrogen) atoms. The van der Waals surface area contributed by atoms with Crippen LogP contribution in [0.4, 0.5) is 0 Å². The van der Waals surface area contributed by atoms with Gasteiger partial charge >= 0.3 is 0 Å². The highest BCUT2D eigenvalue weighted by Crippen LogP contribution is 2.39. The van der Waals surface area contributed by atoms with Crippen LogP contribution in [0.2, 0.25) is 0 Å². The molecule has 0 saturated heterocycles. The van der Waals surface area contributed by atoms with Gasteiger partial charge in [-0.05, 0) is 31.1 Å². The van der Waals surface area contributed by atoms with Gasteiger partial charge in [-0.25, -0.2) is 0 Å². The summed E-state index contributed by atoms with van der Waals surface area (Å²) in [4.78, 5) is 12.0. The van der Waals surface area contributed by atoms with E-state index < -0.39 is 0 Å². The van der Waals surface area contributed by atoms with Crippen molar-refractivity contribution < 1.29 is 4.79 Å². The van der Waals surface area contributed by atoms with Crippen molar-refractivity contribution in [2.24, 2.45) is 5.73 Å². The van der Waals surface area contributed by atoms with Crippen molar-refractivity contribution in [1.82, 2.24) is 5.32 Å². The summed E-state index contributed by atoms with van der Waals surface area (Å²) in [5, 5.41) is 3.11. The molecule has 0 bridgehead atoms. The fourth-order valence-corrected chi connectivity index (χ4v) is 3.89. The predicted molar refractivity (Wildman–Crippen MR) is 90.3 cm³/mol. The van der Waals surface area contributed by atoms with Crippen molar-refractivity contribution in [2.75, 3.05) is 12.8 Å². The van der Waals surface area contributed by atoms with Crippen LogP contribution in [-0.2, 0) is 4.79 Å². The average Bonchev–Trinajstić information content (AvgIpc) is 3.01. The average molecular weight is 306 g/mol. The Balaban J connectivity index is 1.72. The van der Waals surface area contributed by atoms with E-state index in [1.54, 1.807) is 0 Å². The van der Waals surface area contributed by atoms with E-state index in [9.17, 15) is 4.79 Å². The molecule has 0 radical (unpaired) electrons. The molecule has 116 valence electrons. The summed E-state index contributed by atoms with van der Waals surface area (Å²) in [6.45, 7) is 0.799. The lowest BCUT2D eigenvalue weighted by Gasteiger charge is -2.27. The van der Waals surface area contributed by atoms with Gasteiger partial charge in [0.15, 0.2) is 0 Å². The van der Waals surface area contributed by atoms with E-state index in [4.69, 9.17) is 5.73 Å². The van der Waals surface area contributed by atoms with Crippen molar-refractivity contribution in [3.8, 4) is 0 Å². The van der Waals surface area contributed by atoms with Crippen molar-refractivity contribution in [1.29, 1.82) is 0 Å². The fourth-order valence-electron chi connectivity index (χ4n) is 2.97. The van der Waals surface area contributed by atoms with Gasteiger partial charge < -0.3 is 11.1 Å². The molecule has 3 N–H and O–H groups in total. The molecular formula is C17H26N2OS. The van der Waals surface area contributed by atoms with Crippen molar-refractivity contribution in [3.63, 3.8) is 0 Å². The van der Waals surface area contributed by atoms with Gasteiger partial charge in [0.25, 0.3) is 0 Å². The van der Waals surface area contributed by atoms with Crippen LogP contribution in [-0.4, -0.2) is 23.5 Å². The topological polar surface area (TPSA) is 55.1 Å². The predicted octanol–water partition coefficient (Wildman–Crippen LogP) is 3.26. The summed E-state index contributed by atoms with van der Waals surface area (Å²) in [7, 11) is 0. The van der Waals surface area contributed by atoms with Crippen LogP contribution >= 0.6 is 11.8 Å². The Bertz CT molecular complexity index is 443. The molecule has 2 rings (SSSR count). The van der Waals surface area contributed by atoms with Gasteiger partial charge in [0, 0.05) is 23.8 Å². The van der Waals surface area contributed by atoms with Gasteiger partial charge in [0.05, 0.1) is 0 Å². The third kappa shape index (κ3) is 4.75. The maximum Gasteiger partial charge on any atom is 0.220 e. The van der Waals surface area contributed by atoms with E-state index in [0.717, 1.165) is 12.1 Å². The minimum absolute atomic E-state index is 0.0575. The van der Waals surface area contributed by atoms with E-state index in [1.807, 2.05) is 42.1 Å². The maximum atomic E-state index is 12.0. The van der Waals surface area contributed by atoms with Crippen LogP contribution in [0.5, 0.6) is 0 Å². The van der Waals surface area contributed by atoms with Crippen molar-refractivity contribution >= 4 is 17.7 Å². The second kappa shape index (κ2) is 7.85. The molecule has 1 aromatic carbocycles. The Morgan fingerprint density at radius 2 is 2.00 bits per heavy atom. The second-order valence-electron chi connectivity index (χ2n) is 5.93. The van der Waals surface area contributed by atoms with Gasteiger partial charge in [-0.3, -0.25) is 4.79 Å². The Morgan fingerprint density at radius 3 is 2.62 bits per heavy atom. The van der Waals surface area contributed by atoms with E-state index in [0.29, 0.717) is 12.8 Å². The molecule has 0 aromatic heterocycles. The number of carbonyl (C=O) groups is 1. The summed E-state index contributed by atoms with van der Waals surface area (Å²) in [6, 6.07) is 9.92. The minimum Gasteiger partial charge on any atom is -0.355 e. The summed E-state index contributed by atoms with van der Waals surface area (Å²) in [5.74, 6) is 0.127. The van der Waals surface area contributed by atoms with E-state index >= 15 is 0 Å². The molecule has 4 heteroatoms. The van der Waals surface area contributed by atoms with Crippen LogP contribution in [0.15, 0.2) is 30.3 Å².